The molecular weight excluding hydrogens is 332 g/mol. The van der Waals surface area contributed by atoms with Crippen molar-refractivity contribution in [1.82, 2.24) is 9.97 Å². The normalized spacial score (nSPS) is 20.7. The Balaban J connectivity index is 1.70. The van der Waals surface area contributed by atoms with Crippen LogP contribution in [0.1, 0.15) is 41.8 Å². The van der Waals surface area contributed by atoms with Gasteiger partial charge in [0.1, 0.15) is 16.0 Å². The van der Waals surface area contributed by atoms with Crippen LogP contribution in [0.3, 0.4) is 0 Å². The zero-order chi connectivity index (χ0) is 14.4. The Morgan fingerprint density at radius 3 is 2.86 bits per heavy atom. The van der Waals surface area contributed by atoms with Crippen LogP contribution in [-0.4, -0.2) is 16.6 Å². The van der Waals surface area contributed by atoms with E-state index < -0.39 is 0 Å². The third kappa shape index (κ3) is 2.39. The first-order chi connectivity index (χ1) is 10.2. The number of halogens is 1. The fourth-order valence-electron chi connectivity index (χ4n) is 2.82. The molecule has 0 saturated heterocycles. The minimum atomic E-state index is -0.0826. The second-order valence-corrected chi connectivity index (χ2v) is 6.54. The molecule has 1 N–H and O–H groups in total. The number of aromatic nitrogens is 2. The van der Waals surface area contributed by atoms with Crippen LogP contribution in [0, 0.1) is 0 Å². The van der Waals surface area contributed by atoms with Gasteiger partial charge in [0.05, 0.1) is 18.2 Å². The van der Waals surface area contributed by atoms with Gasteiger partial charge >= 0.3 is 0 Å². The summed E-state index contributed by atoms with van der Waals surface area (Å²) in [4.78, 5) is 19.7. The van der Waals surface area contributed by atoms with Crippen molar-refractivity contribution in [2.24, 2.45) is 0 Å². The minimum Gasteiger partial charge on any atom is -0.493 e. The van der Waals surface area contributed by atoms with E-state index in [0.29, 0.717) is 17.0 Å². The van der Waals surface area contributed by atoms with Crippen molar-refractivity contribution in [3.8, 4) is 5.75 Å². The molecule has 1 aromatic carbocycles. The highest BCUT2D eigenvalue weighted by Gasteiger charge is 2.31. The number of ether oxygens (including phenoxy) is 1. The third-order valence-electron chi connectivity index (χ3n) is 4.14. The lowest BCUT2D eigenvalue weighted by atomic mass is 9.96. The zero-order valence-electron chi connectivity index (χ0n) is 11.4. The second kappa shape index (κ2) is 4.98. The topological polar surface area (TPSA) is 55.0 Å². The molecule has 0 radical (unpaired) electrons. The molecule has 0 spiro atoms. The lowest BCUT2D eigenvalue weighted by molar-refractivity contribution is 0.257. The number of fused-ring (bicyclic) bond motifs is 1. The molecule has 21 heavy (non-hydrogen) atoms. The van der Waals surface area contributed by atoms with Crippen molar-refractivity contribution in [3.05, 3.63) is 56.2 Å². The van der Waals surface area contributed by atoms with Crippen LogP contribution in [0.15, 0.2) is 33.5 Å². The lowest BCUT2D eigenvalue weighted by Crippen LogP contribution is -2.25. The van der Waals surface area contributed by atoms with Crippen molar-refractivity contribution in [2.75, 3.05) is 6.61 Å². The summed E-state index contributed by atoms with van der Waals surface area (Å²) in [6.45, 7) is 0.561. The SMILES string of the molecule is O=c1[nH]c(C2COc3ccccc3C2)nc(C2CC2)c1Br. The zero-order valence-corrected chi connectivity index (χ0v) is 13.0. The summed E-state index contributed by atoms with van der Waals surface area (Å²) in [5.74, 6) is 2.24. The van der Waals surface area contributed by atoms with Crippen LogP contribution in [0.2, 0.25) is 0 Å². The number of rotatable bonds is 2. The van der Waals surface area contributed by atoms with Crippen LogP contribution in [0.25, 0.3) is 0 Å². The van der Waals surface area contributed by atoms with E-state index >= 15 is 0 Å². The highest BCUT2D eigenvalue weighted by Crippen LogP contribution is 2.41. The van der Waals surface area contributed by atoms with E-state index in [-0.39, 0.29) is 11.5 Å². The molecule has 1 saturated carbocycles. The number of nitrogens with zero attached hydrogens (tertiary/aromatic N) is 1. The molecule has 4 rings (SSSR count). The minimum absolute atomic E-state index is 0.0826. The summed E-state index contributed by atoms with van der Waals surface area (Å²) < 4.78 is 6.39. The largest absolute Gasteiger partial charge is 0.493 e. The van der Waals surface area contributed by atoms with Gasteiger partial charge in [0.2, 0.25) is 0 Å². The molecule has 1 fully saturated rings. The quantitative estimate of drug-likeness (QED) is 0.908. The molecule has 1 atom stereocenters. The molecule has 0 amide bonds. The molecule has 1 unspecified atom stereocenters. The predicted octanol–water partition coefficient (Wildman–Crippen LogP) is 3.13. The first-order valence-electron chi connectivity index (χ1n) is 7.22. The Labute approximate surface area is 130 Å². The van der Waals surface area contributed by atoms with E-state index in [1.54, 1.807) is 0 Å². The number of nitrogens with one attached hydrogen (secondary N) is 1. The molecule has 1 aliphatic carbocycles. The van der Waals surface area contributed by atoms with Gasteiger partial charge in [-0.15, -0.1) is 0 Å². The van der Waals surface area contributed by atoms with Gasteiger partial charge in [0, 0.05) is 5.92 Å². The number of hydrogen-bond donors (Lipinski definition) is 1. The van der Waals surface area contributed by atoms with Gasteiger partial charge in [0.25, 0.3) is 5.56 Å². The van der Waals surface area contributed by atoms with Gasteiger partial charge in [-0.2, -0.15) is 0 Å². The summed E-state index contributed by atoms with van der Waals surface area (Å²) in [5, 5.41) is 0. The lowest BCUT2D eigenvalue weighted by Gasteiger charge is -2.24. The average Bonchev–Trinajstić information content (AvgIpc) is 3.34. The Kier molecular flexibility index (Phi) is 3.10. The number of aromatic amines is 1. The highest BCUT2D eigenvalue weighted by atomic mass is 79.9. The number of para-hydroxylation sites is 1. The maximum atomic E-state index is 12.1. The van der Waals surface area contributed by atoms with Gasteiger partial charge < -0.3 is 9.72 Å². The summed E-state index contributed by atoms with van der Waals surface area (Å²) in [6.07, 6.45) is 3.10. The molecule has 2 aromatic rings. The van der Waals surface area contributed by atoms with Gasteiger partial charge in [-0.05, 0) is 46.8 Å². The first-order valence-corrected chi connectivity index (χ1v) is 8.02. The number of hydrogen-bond acceptors (Lipinski definition) is 3. The van der Waals surface area contributed by atoms with Gasteiger partial charge in [0.15, 0.2) is 0 Å². The van der Waals surface area contributed by atoms with E-state index in [0.717, 1.165) is 36.5 Å². The predicted molar refractivity (Wildman–Crippen MR) is 82.9 cm³/mol. The first kappa shape index (κ1) is 13.1. The van der Waals surface area contributed by atoms with E-state index in [4.69, 9.17) is 9.72 Å². The Morgan fingerprint density at radius 1 is 1.24 bits per heavy atom. The number of benzene rings is 1. The van der Waals surface area contributed by atoms with E-state index in [9.17, 15) is 4.79 Å². The molecule has 0 bridgehead atoms. The molecule has 1 aromatic heterocycles. The molecule has 2 aliphatic rings. The fraction of sp³-hybridized carbons (Fsp3) is 0.375. The van der Waals surface area contributed by atoms with E-state index in [1.165, 1.54) is 5.56 Å². The smallest absolute Gasteiger partial charge is 0.265 e. The Hall–Kier alpha value is -1.62. The van der Waals surface area contributed by atoms with Crippen molar-refractivity contribution < 1.29 is 4.74 Å². The summed E-state index contributed by atoms with van der Waals surface area (Å²) in [7, 11) is 0. The van der Waals surface area contributed by atoms with Crippen molar-refractivity contribution in [1.29, 1.82) is 0 Å². The van der Waals surface area contributed by atoms with Gasteiger partial charge in [-0.3, -0.25) is 4.79 Å². The molecule has 5 heteroatoms. The van der Waals surface area contributed by atoms with Crippen molar-refractivity contribution in [2.45, 2.75) is 31.1 Å². The fourth-order valence-corrected chi connectivity index (χ4v) is 3.33. The van der Waals surface area contributed by atoms with E-state index in [1.807, 2.05) is 18.2 Å². The third-order valence-corrected chi connectivity index (χ3v) is 4.90. The maximum absolute atomic E-state index is 12.1. The summed E-state index contributed by atoms with van der Waals surface area (Å²) in [5.41, 5.74) is 2.00. The summed E-state index contributed by atoms with van der Waals surface area (Å²) in [6, 6.07) is 8.04. The van der Waals surface area contributed by atoms with Crippen LogP contribution >= 0.6 is 15.9 Å². The second-order valence-electron chi connectivity index (χ2n) is 5.74. The van der Waals surface area contributed by atoms with Crippen LogP contribution in [0.5, 0.6) is 5.75 Å². The Morgan fingerprint density at radius 2 is 2.05 bits per heavy atom. The Bertz CT molecular complexity index is 752. The molecule has 4 nitrogen and oxygen atoms in total. The van der Waals surface area contributed by atoms with E-state index in [2.05, 4.69) is 27.0 Å². The van der Waals surface area contributed by atoms with Crippen molar-refractivity contribution >= 4 is 15.9 Å². The van der Waals surface area contributed by atoms with Crippen molar-refractivity contribution in [3.63, 3.8) is 0 Å². The molecule has 1 aliphatic heterocycles. The molecular formula is C16H15BrN2O2. The van der Waals surface area contributed by atoms with Crippen LogP contribution < -0.4 is 10.3 Å². The maximum Gasteiger partial charge on any atom is 0.265 e. The van der Waals surface area contributed by atoms with Gasteiger partial charge in [-0.1, -0.05) is 18.2 Å². The molecule has 108 valence electrons. The van der Waals surface area contributed by atoms with Crippen LogP contribution in [-0.2, 0) is 6.42 Å². The number of H-pyrrole nitrogens is 1. The molecule has 2 heterocycles. The van der Waals surface area contributed by atoms with Crippen LogP contribution in [0.4, 0.5) is 0 Å². The summed E-state index contributed by atoms with van der Waals surface area (Å²) >= 11 is 3.37. The average molecular weight is 347 g/mol. The highest BCUT2D eigenvalue weighted by molar-refractivity contribution is 9.10. The monoisotopic (exact) mass is 346 g/mol. The van der Waals surface area contributed by atoms with Gasteiger partial charge in [-0.25, -0.2) is 4.98 Å². The standard InChI is InChI=1S/C16H15BrN2O2/c17-13-14(9-5-6-9)18-15(19-16(13)20)11-7-10-3-1-2-4-12(10)21-8-11/h1-4,9,11H,5-8H2,(H,18,19,20).